The van der Waals surface area contributed by atoms with Crippen molar-refractivity contribution in [2.45, 2.75) is 25.4 Å². The predicted molar refractivity (Wildman–Crippen MR) is 64.0 cm³/mol. The first-order valence-electron chi connectivity index (χ1n) is 4.90. The maximum atomic E-state index is 5.97. The quantitative estimate of drug-likeness (QED) is 0.836. The summed E-state index contributed by atoms with van der Waals surface area (Å²) in [5.41, 5.74) is 0. The standard InChI is InChI=1S/C11H12BrClO2/c1-14-10-6-9(13)8(12)5-11(10)15-7-3-2-4-7/h5-7H,2-4H2,1H3. The lowest BCUT2D eigenvalue weighted by atomic mass is 9.96. The van der Waals surface area contributed by atoms with Gasteiger partial charge in [-0.15, -0.1) is 0 Å². The third kappa shape index (κ3) is 2.40. The molecular formula is C11H12BrClO2. The molecule has 1 aliphatic rings. The van der Waals surface area contributed by atoms with E-state index in [0.29, 0.717) is 16.9 Å². The second-order valence-electron chi connectivity index (χ2n) is 3.59. The molecule has 0 aliphatic heterocycles. The van der Waals surface area contributed by atoms with Crippen molar-refractivity contribution in [2.24, 2.45) is 0 Å². The Labute approximate surface area is 103 Å². The predicted octanol–water partition coefficient (Wildman–Crippen LogP) is 4.04. The highest BCUT2D eigenvalue weighted by atomic mass is 79.9. The number of benzene rings is 1. The first kappa shape index (κ1) is 11.1. The highest BCUT2D eigenvalue weighted by molar-refractivity contribution is 9.10. The number of ether oxygens (including phenoxy) is 2. The summed E-state index contributed by atoms with van der Waals surface area (Å²) < 4.78 is 11.8. The average molecular weight is 292 g/mol. The number of methoxy groups -OCH3 is 1. The minimum atomic E-state index is 0.340. The van der Waals surface area contributed by atoms with Crippen molar-refractivity contribution in [3.05, 3.63) is 21.6 Å². The molecule has 0 N–H and O–H groups in total. The molecule has 1 aromatic rings. The summed E-state index contributed by atoms with van der Waals surface area (Å²) in [7, 11) is 1.62. The van der Waals surface area contributed by atoms with Gasteiger partial charge in [-0.05, 0) is 41.3 Å². The van der Waals surface area contributed by atoms with Crippen LogP contribution in [-0.2, 0) is 0 Å². The second-order valence-corrected chi connectivity index (χ2v) is 4.85. The van der Waals surface area contributed by atoms with Crippen LogP contribution in [0.4, 0.5) is 0 Å². The van der Waals surface area contributed by atoms with Crippen molar-refractivity contribution < 1.29 is 9.47 Å². The Hall–Kier alpha value is -0.410. The van der Waals surface area contributed by atoms with Crippen LogP contribution in [-0.4, -0.2) is 13.2 Å². The molecule has 1 aliphatic carbocycles. The van der Waals surface area contributed by atoms with Gasteiger partial charge in [0.1, 0.15) is 0 Å². The van der Waals surface area contributed by atoms with E-state index in [1.54, 1.807) is 13.2 Å². The van der Waals surface area contributed by atoms with Gasteiger partial charge in [0.05, 0.1) is 18.2 Å². The van der Waals surface area contributed by atoms with Crippen molar-refractivity contribution in [1.82, 2.24) is 0 Å². The summed E-state index contributed by atoms with van der Waals surface area (Å²) in [5, 5.41) is 0.632. The monoisotopic (exact) mass is 290 g/mol. The van der Waals surface area contributed by atoms with Crippen molar-refractivity contribution in [1.29, 1.82) is 0 Å². The molecule has 0 bridgehead atoms. The molecule has 0 saturated heterocycles. The minimum Gasteiger partial charge on any atom is -0.493 e. The van der Waals surface area contributed by atoms with Gasteiger partial charge < -0.3 is 9.47 Å². The molecule has 0 spiro atoms. The number of rotatable bonds is 3. The van der Waals surface area contributed by atoms with Crippen molar-refractivity contribution in [3.8, 4) is 11.5 Å². The van der Waals surface area contributed by atoms with E-state index in [-0.39, 0.29) is 0 Å². The maximum Gasteiger partial charge on any atom is 0.162 e. The molecule has 2 nitrogen and oxygen atoms in total. The van der Waals surface area contributed by atoms with Crippen molar-refractivity contribution >= 4 is 27.5 Å². The van der Waals surface area contributed by atoms with Crippen molar-refractivity contribution in [2.75, 3.05) is 7.11 Å². The summed E-state index contributed by atoms with van der Waals surface area (Å²) in [4.78, 5) is 0. The maximum absolute atomic E-state index is 5.97. The van der Waals surface area contributed by atoms with Gasteiger partial charge >= 0.3 is 0 Å². The summed E-state index contributed by atoms with van der Waals surface area (Å²) in [6.07, 6.45) is 3.85. The molecule has 1 fully saturated rings. The molecule has 0 radical (unpaired) electrons. The lowest BCUT2D eigenvalue weighted by Gasteiger charge is -2.27. The second kappa shape index (κ2) is 4.62. The molecule has 2 rings (SSSR count). The number of halogens is 2. The van der Waals surface area contributed by atoms with Crippen LogP contribution in [0.5, 0.6) is 11.5 Å². The van der Waals surface area contributed by atoms with E-state index in [1.807, 2.05) is 6.07 Å². The summed E-state index contributed by atoms with van der Waals surface area (Å²) in [6, 6.07) is 3.62. The van der Waals surface area contributed by atoms with E-state index < -0.39 is 0 Å². The third-order valence-corrected chi connectivity index (χ3v) is 3.75. The van der Waals surface area contributed by atoms with Crippen LogP contribution in [0.1, 0.15) is 19.3 Å². The van der Waals surface area contributed by atoms with Crippen LogP contribution in [0.15, 0.2) is 16.6 Å². The molecule has 15 heavy (non-hydrogen) atoms. The van der Waals surface area contributed by atoms with Gasteiger partial charge in [-0.25, -0.2) is 0 Å². The van der Waals surface area contributed by atoms with Crippen LogP contribution in [0.25, 0.3) is 0 Å². The molecular weight excluding hydrogens is 279 g/mol. The lowest BCUT2D eigenvalue weighted by Crippen LogP contribution is -2.24. The summed E-state index contributed by atoms with van der Waals surface area (Å²) in [5.74, 6) is 1.45. The highest BCUT2D eigenvalue weighted by Crippen LogP contribution is 2.38. The Balaban J connectivity index is 2.23. The van der Waals surface area contributed by atoms with Crippen LogP contribution < -0.4 is 9.47 Å². The van der Waals surface area contributed by atoms with E-state index in [0.717, 1.165) is 23.1 Å². The van der Waals surface area contributed by atoms with E-state index >= 15 is 0 Å². The molecule has 0 aromatic heterocycles. The summed E-state index contributed by atoms with van der Waals surface area (Å²) in [6.45, 7) is 0. The third-order valence-electron chi connectivity index (χ3n) is 2.55. The van der Waals surface area contributed by atoms with E-state index in [4.69, 9.17) is 21.1 Å². The van der Waals surface area contributed by atoms with Gasteiger partial charge in [-0.2, -0.15) is 0 Å². The summed E-state index contributed by atoms with van der Waals surface area (Å²) >= 11 is 9.34. The molecule has 0 atom stereocenters. The lowest BCUT2D eigenvalue weighted by molar-refractivity contribution is 0.116. The van der Waals surface area contributed by atoms with Crippen LogP contribution >= 0.6 is 27.5 Å². The topological polar surface area (TPSA) is 18.5 Å². The molecule has 82 valence electrons. The molecule has 0 unspecified atom stereocenters. The SMILES string of the molecule is COc1cc(Cl)c(Br)cc1OC1CCC1. The molecule has 0 heterocycles. The number of hydrogen-bond acceptors (Lipinski definition) is 2. The van der Waals surface area contributed by atoms with E-state index in [9.17, 15) is 0 Å². The molecule has 1 saturated carbocycles. The molecule has 1 aromatic carbocycles. The fourth-order valence-corrected chi connectivity index (χ4v) is 1.91. The van der Waals surface area contributed by atoms with Crippen LogP contribution in [0.3, 0.4) is 0 Å². The van der Waals surface area contributed by atoms with Gasteiger partial charge in [-0.1, -0.05) is 11.6 Å². The Kier molecular flexibility index (Phi) is 3.42. The Bertz CT molecular complexity index is 364. The first-order valence-corrected chi connectivity index (χ1v) is 6.07. The van der Waals surface area contributed by atoms with Gasteiger partial charge in [0, 0.05) is 10.5 Å². The normalized spacial score (nSPS) is 15.9. The molecule has 0 amide bonds. The van der Waals surface area contributed by atoms with Crippen molar-refractivity contribution in [3.63, 3.8) is 0 Å². The highest BCUT2D eigenvalue weighted by Gasteiger charge is 2.21. The molecule has 4 heteroatoms. The Morgan fingerprint density at radius 1 is 1.33 bits per heavy atom. The van der Waals surface area contributed by atoms with Gasteiger partial charge in [0.25, 0.3) is 0 Å². The number of hydrogen-bond donors (Lipinski definition) is 0. The van der Waals surface area contributed by atoms with Crippen LogP contribution in [0, 0.1) is 0 Å². The van der Waals surface area contributed by atoms with Gasteiger partial charge in [0.2, 0.25) is 0 Å². The first-order chi connectivity index (χ1) is 7.20. The fraction of sp³-hybridized carbons (Fsp3) is 0.455. The Morgan fingerprint density at radius 3 is 2.60 bits per heavy atom. The zero-order valence-corrected chi connectivity index (χ0v) is 10.8. The van der Waals surface area contributed by atoms with E-state index in [2.05, 4.69) is 15.9 Å². The Morgan fingerprint density at radius 2 is 2.07 bits per heavy atom. The van der Waals surface area contributed by atoms with E-state index in [1.165, 1.54) is 6.42 Å². The smallest absolute Gasteiger partial charge is 0.162 e. The minimum absolute atomic E-state index is 0.340. The zero-order valence-electron chi connectivity index (χ0n) is 8.43. The fourth-order valence-electron chi connectivity index (χ4n) is 1.43. The van der Waals surface area contributed by atoms with Crippen LogP contribution in [0.2, 0.25) is 5.02 Å². The van der Waals surface area contributed by atoms with Gasteiger partial charge in [0.15, 0.2) is 11.5 Å². The largest absolute Gasteiger partial charge is 0.493 e. The van der Waals surface area contributed by atoms with Gasteiger partial charge in [-0.3, -0.25) is 0 Å². The zero-order chi connectivity index (χ0) is 10.8. The average Bonchev–Trinajstić information content (AvgIpc) is 2.16.